The van der Waals surface area contributed by atoms with Crippen molar-refractivity contribution in [1.29, 1.82) is 0 Å². The largest absolute Gasteiger partial charge is 0.369 e. The van der Waals surface area contributed by atoms with Crippen LogP contribution in [-0.2, 0) is 6.42 Å². The highest BCUT2D eigenvalue weighted by atomic mass is 79.9. The van der Waals surface area contributed by atoms with Crippen molar-refractivity contribution in [1.82, 2.24) is 15.2 Å². The number of benzene rings is 2. The zero-order valence-electron chi connectivity index (χ0n) is 13.1. The van der Waals surface area contributed by atoms with Gasteiger partial charge in [-0.3, -0.25) is 0 Å². The molecule has 0 fully saturated rings. The summed E-state index contributed by atoms with van der Waals surface area (Å²) in [6, 6.07) is 18.3. The molecule has 122 valence electrons. The predicted octanol–water partition coefficient (Wildman–Crippen LogP) is 4.42. The number of nitrogens with one attached hydrogen (secondary N) is 2. The molecule has 0 radical (unpaired) electrons. The first-order chi connectivity index (χ1) is 11.8. The minimum absolute atomic E-state index is 0.473. The van der Waals surface area contributed by atoms with Crippen LogP contribution in [0.25, 0.3) is 0 Å². The molecule has 1 heterocycles. The van der Waals surface area contributed by atoms with Gasteiger partial charge in [0.25, 0.3) is 0 Å². The molecule has 3 aromatic rings. The summed E-state index contributed by atoms with van der Waals surface area (Å²) in [6.45, 7) is 0.837. The summed E-state index contributed by atoms with van der Waals surface area (Å²) in [5, 5.41) is 14.4. The summed E-state index contributed by atoms with van der Waals surface area (Å²) in [4.78, 5) is 4.43. The lowest BCUT2D eigenvalue weighted by Crippen LogP contribution is -2.07. The summed E-state index contributed by atoms with van der Waals surface area (Å²) in [5.41, 5.74) is 2.25. The zero-order valence-corrected chi connectivity index (χ0v) is 14.7. The quantitative estimate of drug-likeness (QED) is 0.591. The van der Waals surface area contributed by atoms with Crippen LogP contribution in [0.1, 0.15) is 12.0 Å². The molecular formula is C18H18BrN5. The minimum Gasteiger partial charge on any atom is -0.369 e. The lowest BCUT2D eigenvalue weighted by atomic mass is 10.1. The Bertz CT molecular complexity index is 779. The third-order valence-corrected chi connectivity index (χ3v) is 3.92. The summed E-state index contributed by atoms with van der Waals surface area (Å²) in [7, 11) is 0. The van der Waals surface area contributed by atoms with Gasteiger partial charge in [0.2, 0.25) is 5.95 Å². The fraction of sp³-hybridized carbons (Fsp3) is 0.167. The first-order valence-corrected chi connectivity index (χ1v) is 8.59. The molecule has 0 saturated carbocycles. The molecule has 1 aromatic heterocycles. The molecule has 6 heteroatoms. The number of aromatic nitrogens is 3. The Labute approximate surface area is 149 Å². The first kappa shape index (κ1) is 16.4. The lowest BCUT2D eigenvalue weighted by Gasteiger charge is -2.08. The molecule has 0 spiro atoms. The van der Waals surface area contributed by atoms with Crippen LogP contribution in [0.4, 0.5) is 17.5 Å². The van der Waals surface area contributed by atoms with Gasteiger partial charge in [-0.1, -0.05) is 52.3 Å². The molecule has 0 aliphatic heterocycles. The third kappa shape index (κ3) is 5.03. The molecule has 0 aliphatic carbocycles. The van der Waals surface area contributed by atoms with Gasteiger partial charge < -0.3 is 10.6 Å². The maximum absolute atomic E-state index is 4.43. The number of rotatable bonds is 7. The molecule has 0 aliphatic rings. The topological polar surface area (TPSA) is 62.7 Å². The van der Waals surface area contributed by atoms with Crippen molar-refractivity contribution in [3.8, 4) is 0 Å². The third-order valence-electron chi connectivity index (χ3n) is 3.43. The van der Waals surface area contributed by atoms with Gasteiger partial charge in [0.05, 0.1) is 6.20 Å². The van der Waals surface area contributed by atoms with Gasteiger partial charge in [0.1, 0.15) is 0 Å². The number of halogens is 1. The van der Waals surface area contributed by atoms with Crippen molar-refractivity contribution < 1.29 is 0 Å². The Morgan fingerprint density at radius 1 is 1.00 bits per heavy atom. The van der Waals surface area contributed by atoms with E-state index in [1.165, 1.54) is 5.56 Å². The van der Waals surface area contributed by atoms with Crippen molar-refractivity contribution in [2.45, 2.75) is 12.8 Å². The normalized spacial score (nSPS) is 10.4. The van der Waals surface area contributed by atoms with Gasteiger partial charge in [0, 0.05) is 16.7 Å². The second-order valence-corrected chi connectivity index (χ2v) is 6.23. The van der Waals surface area contributed by atoms with E-state index in [4.69, 9.17) is 0 Å². The molecule has 5 nitrogen and oxygen atoms in total. The monoisotopic (exact) mass is 383 g/mol. The Balaban J connectivity index is 1.51. The van der Waals surface area contributed by atoms with E-state index in [9.17, 15) is 0 Å². The smallest absolute Gasteiger partial charge is 0.249 e. The van der Waals surface area contributed by atoms with Gasteiger partial charge in [-0.2, -0.15) is 10.1 Å². The summed E-state index contributed by atoms with van der Waals surface area (Å²) < 4.78 is 0.996. The zero-order chi connectivity index (χ0) is 16.6. The van der Waals surface area contributed by atoms with Crippen LogP contribution < -0.4 is 10.6 Å². The highest BCUT2D eigenvalue weighted by molar-refractivity contribution is 9.10. The average Bonchev–Trinajstić information content (AvgIpc) is 2.60. The van der Waals surface area contributed by atoms with Gasteiger partial charge in [-0.15, -0.1) is 5.10 Å². The molecule has 0 amide bonds. The van der Waals surface area contributed by atoms with Crippen LogP contribution >= 0.6 is 15.9 Å². The van der Waals surface area contributed by atoms with Crippen LogP contribution in [0.15, 0.2) is 65.3 Å². The standard InChI is InChI=1S/C18H18BrN5/c19-15-9-4-10-16(12-15)22-18-23-17(13-21-24-18)20-11-5-8-14-6-2-1-3-7-14/h1-4,6-7,9-10,12-13H,5,8,11H2,(H2,20,22,23,24). The number of hydrogen-bond acceptors (Lipinski definition) is 5. The van der Waals surface area contributed by atoms with E-state index in [1.807, 2.05) is 30.3 Å². The average molecular weight is 384 g/mol. The molecule has 0 bridgehead atoms. The van der Waals surface area contributed by atoms with E-state index in [0.29, 0.717) is 5.95 Å². The summed E-state index contributed by atoms with van der Waals surface area (Å²) in [6.07, 6.45) is 3.70. The van der Waals surface area contributed by atoms with Crippen molar-refractivity contribution in [2.24, 2.45) is 0 Å². The molecule has 0 unspecified atom stereocenters. The predicted molar refractivity (Wildman–Crippen MR) is 101 cm³/mol. The molecule has 0 saturated heterocycles. The molecule has 24 heavy (non-hydrogen) atoms. The highest BCUT2D eigenvalue weighted by Gasteiger charge is 2.02. The fourth-order valence-electron chi connectivity index (χ4n) is 2.29. The van der Waals surface area contributed by atoms with Gasteiger partial charge in [0.15, 0.2) is 5.82 Å². The Morgan fingerprint density at radius 2 is 1.88 bits per heavy atom. The SMILES string of the molecule is Brc1cccc(Nc2nncc(NCCCc3ccccc3)n2)c1. The first-order valence-electron chi connectivity index (χ1n) is 7.80. The van der Waals surface area contributed by atoms with Crippen LogP contribution in [0.2, 0.25) is 0 Å². The van der Waals surface area contributed by atoms with Crippen molar-refractivity contribution >= 4 is 33.4 Å². The van der Waals surface area contributed by atoms with E-state index in [2.05, 4.69) is 66.0 Å². The Hall–Kier alpha value is -2.47. The van der Waals surface area contributed by atoms with Crippen LogP contribution in [0.5, 0.6) is 0 Å². The molecule has 2 N–H and O–H groups in total. The Kier molecular flexibility index (Phi) is 5.74. The van der Waals surface area contributed by atoms with Crippen molar-refractivity contribution in [3.05, 3.63) is 70.8 Å². The number of anilines is 3. The lowest BCUT2D eigenvalue weighted by molar-refractivity contribution is 0.853. The molecule has 2 aromatic carbocycles. The van der Waals surface area contributed by atoms with E-state index >= 15 is 0 Å². The highest BCUT2D eigenvalue weighted by Crippen LogP contribution is 2.18. The van der Waals surface area contributed by atoms with Crippen LogP contribution in [-0.4, -0.2) is 21.7 Å². The molecular weight excluding hydrogens is 366 g/mol. The van der Waals surface area contributed by atoms with Gasteiger partial charge >= 0.3 is 0 Å². The fourth-order valence-corrected chi connectivity index (χ4v) is 2.69. The second-order valence-electron chi connectivity index (χ2n) is 5.32. The van der Waals surface area contributed by atoms with E-state index in [0.717, 1.165) is 35.4 Å². The van der Waals surface area contributed by atoms with Crippen molar-refractivity contribution in [2.75, 3.05) is 17.2 Å². The maximum atomic E-state index is 4.43. The van der Waals surface area contributed by atoms with Gasteiger partial charge in [-0.25, -0.2) is 0 Å². The minimum atomic E-state index is 0.473. The van der Waals surface area contributed by atoms with E-state index in [1.54, 1.807) is 6.20 Å². The van der Waals surface area contributed by atoms with Crippen LogP contribution in [0, 0.1) is 0 Å². The van der Waals surface area contributed by atoms with E-state index in [-0.39, 0.29) is 0 Å². The molecule has 0 atom stereocenters. The Morgan fingerprint density at radius 3 is 2.71 bits per heavy atom. The van der Waals surface area contributed by atoms with E-state index < -0.39 is 0 Å². The second kappa shape index (κ2) is 8.40. The molecule has 3 rings (SSSR count). The summed E-state index contributed by atoms with van der Waals surface area (Å²) >= 11 is 3.44. The maximum Gasteiger partial charge on any atom is 0.249 e. The number of hydrogen-bond donors (Lipinski definition) is 2. The van der Waals surface area contributed by atoms with Crippen molar-refractivity contribution in [3.63, 3.8) is 0 Å². The van der Waals surface area contributed by atoms with Gasteiger partial charge in [-0.05, 0) is 36.6 Å². The van der Waals surface area contributed by atoms with Crippen LogP contribution in [0.3, 0.4) is 0 Å². The number of nitrogens with zero attached hydrogens (tertiary/aromatic N) is 3. The summed E-state index contributed by atoms with van der Waals surface area (Å²) in [5.74, 6) is 1.19. The number of aryl methyl sites for hydroxylation is 1.